The van der Waals surface area contributed by atoms with Crippen molar-refractivity contribution in [3.05, 3.63) is 12.2 Å². The van der Waals surface area contributed by atoms with Crippen molar-refractivity contribution < 1.29 is 0 Å². The molecule has 3 heteroatoms. The van der Waals surface area contributed by atoms with Crippen molar-refractivity contribution in [3.63, 3.8) is 0 Å². The summed E-state index contributed by atoms with van der Waals surface area (Å²) in [6.45, 7) is 7.46. The van der Waals surface area contributed by atoms with E-state index in [4.69, 9.17) is 0 Å². The molecule has 1 aliphatic rings. The van der Waals surface area contributed by atoms with Gasteiger partial charge in [-0.3, -0.25) is 0 Å². The number of amidine groups is 1. The molecular weight excluding hydrogens is 168 g/mol. The van der Waals surface area contributed by atoms with Gasteiger partial charge in [-0.15, -0.1) is 0 Å². The Hall–Kier alpha value is -0.440. The summed E-state index contributed by atoms with van der Waals surface area (Å²) in [5.74, 6) is 1.12. The number of hydrogen-bond donors (Lipinski definition) is 0. The Morgan fingerprint density at radius 1 is 1.58 bits per heavy atom. The highest BCUT2D eigenvalue weighted by molar-refractivity contribution is 7.99. The molecule has 12 heavy (non-hydrogen) atoms. The van der Waals surface area contributed by atoms with E-state index in [-0.39, 0.29) is 0 Å². The lowest BCUT2D eigenvalue weighted by Crippen LogP contribution is -2.32. The van der Waals surface area contributed by atoms with Crippen molar-refractivity contribution in [2.24, 2.45) is 4.40 Å². The highest BCUT2D eigenvalue weighted by Gasteiger charge is 2.23. The fourth-order valence-electron chi connectivity index (χ4n) is 1.31. The zero-order valence-corrected chi connectivity index (χ0v) is 8.77. The summed E-state index contributed by atoms with van der Waals surface area (Å²) >= 11 is 1.69. The van der Waals surface area contributed by atoms with E-state index in [0.717, 1.165) is 18.8 Å². The van der Waals surface area contributed by atoms with E-state index in [2.05, 4.69) is 29.2 Å². The monoisotopic (exact) mass is 184 g/mol. The molecule has 68 valence electrons. The van der Waals surface area contributed by atoms with E-state index in [1.807, 2.05) is 13.0 Å². The largest absolute Gasteiger partial charge is 0.343 e. The first-order chi connectivity index (χ1) is 5.83. The average molecular weight is 184 g/mol. The molecule has 0 spiro atoms. The van der Waals surface area contributed by atoms with Gasteiger partial charge in [0.25, 0.3) is 0 Å². The zero-order chi connectivity index (χ0) is 8.97. The van der Waals surface area contributed by atoms with Crippen LogP contribution in [0.4, 0.5) is 0 Å². The molecule has 0 amide bonds. The number of allylic oxidation sites excluding steroid dienone is 1. The minimum absolute atomic E-state index is 0.557. The lowest BCUT2D eigenvalue weighted by molar-refractivity contribution is 0.418. The van der Waals surface area contributed by atoms with Crippen LogP contribution in [0.25, 0.3) is 0 Å². The zero-order valence-electron chi connectivity index (χ0n) is 7.95. The van der Waals surface area contributed by atoms with E-state index in [0.29, 0.717) is 5.37 Å². The van der Waals surface area contributed by atoms with Crippen molar-refractivity contribution in [1.29, 1.82) is 0 Å². The molecule has 1 unspecified atom stereocenters. The fraction of sp³-hybridized carbons (Fsp3) is 0.667. The van der Waals surface area contributed by atoms with Gasteiger partial charge in [0, 0.05) is 18.5 Å². The van der Waals surface area contributed by atoms with Gasteiger partial charge >= 0.3 is 0 Å². The van der Waals surface area contributed by atoms with Gasteiger partial charge in [-0.2, -0.15) is 4.40 Å². The van der Waals surface area contributed by atoms with Gasteiger partial charge < -0.3 is 4.90 Å². The second-order valence-corrected chi connectivity index (χ2v) is 3.64. The summed E-state index contributed by atoms with van der Waals surface area (Å²) in [5, 5.41) is 0.557. The van der Waals surface area contributed by atoms with Crippen LogP contribution in [0.1, 0.15) is 27.2 Å². The van der Waals surface area contributed by atoms with E-state index >= 15 is 0 Å². The lowest BCUT2D eigenvalue weighted by atomic mass is 10.3. The maximum absolute atomic E-state index is 4.40. The van der Waals surface area contributed by atoms with Crippen LogP contribution >= 0.6 is 11.9 Å². The van der Waals surface area contributed by atoms with Crippen molar-refractivity contribution >= 4 is 17.8 Å². The molecule has 0 N–H and O–H groups in total. The quantitative estimate of drug-likeness (QED) is 0.627. The van der Waals surface area contributed by atoms with Gasteiger partial charge in [-0.25, -0.2) is 0 Å². The molecule has 1 aliphatic heterocycles. The smallest absolute Gasteiger partial charge is 0.137 e. The third-order valence-corrected chi connectivity index (χ3v) is 3.04. The molecular formula is C9H16N2S. The van der Waals surface area contributed by atoms with Crippen molar-refractivity contribution in [3.8, 4) is 0 Å². The Morgan fingerprint density at radius 2 is 2.33 bits per heavy atom. The summed E-state index contributed by atoms with van der Waals surface area (Å²) in [6, 6.07) is 0. The molecule has 0 aromatic rings. The van der Waals surface area contributed by atoms with Gasteiger partial charge in [0.05, 0.1) is 5.37 Å². The molecule has 1 rings (SSSR count). The van der Waals surface area contributed by atoms with Crippen LogP contribution in [0.5, 0.6) is 0 Å². The number of likely N-dealkylation sites (N-methyl/N-ethyl adjacent to an activating group) is 1. The Balaban J connectivity index is 2.65. The number of hydrogen-bond acceptors (Lipinski definition) is 3. The molecule has 0 fully saturated rings. The van der Waals surface area contributed by atoms with Crippen molar-refractivity contribution in [2.45, 2.75) is 32.6 Å². The van der Waals surface area contributed by atoms with Crippen LogP contribution < -0.4 is 0 Å². The number of nitrogens with zero attached hydrogens (tertiary/aromatic N) is 2. The highest BCUT2D eigenvalue weighted by atomic mass is 32.2. The van der Waals surface area contributed by atoms with Gasteiger partial charge in [-0.1, -0.05) is 13.0 Å². The van der Waals surface area contributed by atoms with Crippen LogP contribution in [-0.2, 0) is 0 Å². The maximum Gasteiger partial charge on any atom is 0.137 e. The standard InChI is InChI=1S/C9H16N2S/c1-4-7-8-10-12-9(5-2)11(8)6-3/h4,7,9H,5-6H2,1-3H3/b7-4+. The summed E-state index contributed by atoms with van der Waals surface area (Å²) < 4.78 is 4.40. The van der Waals surface area contributed by atoms with E-state index in [1.165, 1.54) is 0 Å². The minimum Gasteiger partial charge on any atom is -0.343 e. The summed E-state index contributed by atoms with van der Waals surface area (Å²) in [7, 11) is 0. The molecule has 2 nitrogen and oxygen atoms in total. The predicted molar refractivity (Wildman–Crippen MR) is 56.3 cm³/mol. The SMILES string of the molecule is C/C=C/C1=NSC(CC)N1CC. The van der Waals surface area contributed by atoms with Gasteiger partial charge in [-0.05, 0) is 26.3 Å². The third kappa shape index (κ3) is 1.83. The molecule has 0 aliphatic carbocycles. The molecule has 1 heterocycles. The normalized spacial score (nSPS) is 23.8. The van der Waals surface area contributed by atoms with Crippen molar-refractivity contribution in [1.82, 2.24) is 4.90 Å². The first-order valence-corrected chi connectivity index (χ1v) is 5.30. The Labute approximate surface area is 78.9 Å². The summed E-state index contributed by atoms with van der Waals surface area (Å²) in [4.78, 5) is 2.34. The topological polar surface area (TPSA) is 15.6 Å². The summed E-state index contributed by atoms with van der Waals surface area (Å²) in [5.41, 5.74) is 0. The predicted octanol–water partition coefficient (Wildman–Crippen LogP) is 2.68. The van der Waals surface area contributed by atoms with Crippen LogP contribution in [0.3, 0.4) is 0 Å². The van der Waals surface area contributed by atoms with E-state index in [1.54, 1.807) is 11.9 Å². The molecule has 0 saturated carbocycles. The van der Waals surface area contributed by atoms with Gasteiger partial charge in [0.2, 0.25) is 0 Å². The maximum atomic E-state index is 4.40. The highest BCUT2D eigenvalue weighted by Crippen LogP contribution is 2.27. The van der Waals surface area contributed by atoms with Gasteiger partial charge in [0.15, 0.2) is 0 Å². The van der Waals surface area contributed by atoms with Gasteiger partial charge in [0.1, 0.15) is 5.84 Å². The molecule has 0 radical (unpaired) electrons. The molecule has 0 aromatic heterocycles. The second kappa shape index (κ2) is 4.55. The molecule has 0 bridgehead atoms. The summed E-state index contributed by atoms with van der Waals surface area (Å²) in [6.07, 6.45) is 5.27. The first kappa shape index (κ1) is 9.65. The van der Waals surface area contributed by atoms with Crippen LogP contribution in [0.15, 0.2) is 16.5 Å². The number of rotatable bonds is 3. The third-order valence-electron chi connectivity index (χ3n) is 1.92. The van der Waals surface area contributed by atoms with Crippen molar-refractivity contribution in [2.75, 3.05) is 6.54 Å². The Bertz CT molecular complexity index is 199. The Kier molecular flexibility index (Phi) is 3.66. The first-order valence-electron chi connectivity index (χ1n) is 4.46. The fourth-order valence-corrected chi connectivity index (χ4v) is 2.22. The van der Waals surface area contributed by atoms with Crippen LogP contribution in [-0.4, -0.2) is 22.7 Å². The average Bonchev–Trinajstić information content (AvgIpc) is 2.47. The minimum atomic E-state index is 0.557. The molecule has 0 aromatic carbocycles. The Morgan fingerprint density at radius 3 is 2.83 bits per heavy atom. The second-order valence-electron chi connectivity index (χ2n) is 2.70. The van der Waals surface area contributed by atoms with E-state index in [9.17, 15) is 0 Å². The van der Waals surface area contributed by atoms with Crippen LogP contribution in [0.2, 0.25) is 0 Å². The van der Waals surface area contributed by atoms with Crippen LogP contribution in [0, 0.1) is 0 Å². The van der Waals surface area contributed by atoms with E-state index < -0.39 is 0 Å². The lowest BCUT2D eigenvalue weighted by Gasteiger charge is -2.22. The molecule has 0 saturated heterocycles. The molecule has 1 atom stereocenters.